The second-order valence-electron chi connectivity index (χ2n) is 3.97. The fourth-order valence-electron chi connectivity index (χ4n) is 1.45. The summed E-state index contributed by atoms with van der Waals surface area (Å²) in [6.45, 7) is 1.88. The predicted octanol–water partition coefficient (Wildman–Crippen LogP) is 2.25. The molecule has 0 saturated heterocycles. The van der Waals surface area contributed by atoms with Crippen LogP contribution in [0.2, 0.25) is 0 Å². The molecule has 2 aromatic heterocycles. The van der Waals surface area contributed by atoms with Crippen LogP contribution in [0.4, 0.5) is 5.82 Å². The molecule has 0 radical (unpaired) electrons. The number of nitrogens with zero attached hydrogens (tertiary/aromatic N) is 4. The Balaban J connectivity index is 1.86. The fraction of sp³-hybridized carbons (Fsp3) is 0.400. The van der Waals surface area contributed by atoms with Crippen molar-refractivity contribution >= 4 is 29.1 Å². The summed E-state index contributed by atoms with van der Waals surface area (Å²) < 4.78 is 5.03. The first-order valence-electron chi connectivity index (χ1n) is 5.33. The largest absolute Gasteiger partial charge is 0.384 e. The third-order valence-electron chi connectivity index (χ3n) is 2.38. The van der Waals surface area contributed by atoms with E-state index in [2.05, 4.69) is 19.3 Å². The smallest absolute Gasteiger partial charge is 0.176 e. The molecule has 5 nitrogen and oxygen atoms in total. The maximum absolute atomic E-state index is 5.79. The standard InChI is InChI=1S/C10H11N5S2/c1-5-12-10(17-15-5)16-8-4-7(11)13-9(14-8)6-2-3-6/h4,6H,2-3H2,1H3,(H2,11,13,14). The number of nitrogens with two attached hydrogens (primary N) is 1. The van der Waals surface area contributed by atoms with Crippen molar-refractivity contribution in [2.24, 2.45) is 0 Å². The molecule has 88 valence electrons. The number of aromatic nitrogens is 4. The Hall–Kier alpha value is -1.21. The summed E-state index contributed by atoms with van der Waals surface area (Å²) in [5.41, 5.74) is 5.79. The maximum atomic E-state index is 5.79. The van der Waals surface area contributed by atoms with Crippen molar-refractivity contribution in [1.82, 2.24) is 19.3 Å². The molecular formula is C10H11N5S2. The Bertz CT molecular complexity index is 549. The van der Waals surface area contributed by atoms with E-state index in [0.717, 1.165) is 21.0 Å². The summed E-state index contributed by atoms with van der Waals surface area (Å²) >= 11 is 2.88. The summed E-state index contributed by atoms with van der Waals surface area (Å²) in [5, 5.41) is 0.857. The lowest BCUT2D eigenvalue weighted by molar-refractivity contribution is 0.883. The van der Waals surface area contributed by atoms with E-state index in [-0.39, 0.29) is 0 Å². The van der Waals surface area contributed by atoms with Gasteiger partial charge in [-0.15, -0.1) is 0 Å². The number of nitrogen functional groups attached to an aromatic ring is 1. The van der Waals surface area contributed by atoms with Crippen molar-refractivity contribution in [3.8, 4) is 0 Å². The van der Waals surface area contributed by atoms with Crippen molar-refractivity contribution < 1.29 is 0 Å². The van der Waals surface area contributed by atoms with Crippen LogP contribution in [0.1, 0.15) is 30.4 Å². The van der Waals surface area contributed by atoms with Gasteiger partial charge in [0, 0.05) is 12.0 Å². The Morgan fingerprint density at radius 3 is 2.82 bits per heavy atom. The molecule has 1 aliphatic rings. The first-order chi connectivity index (χ1) is 8.20. The molecule has 0 atom stereocenters. The molecule has 3 rings (SSSR count). The van der Waals surface area contributed by atoms with Crippen LogP contribution in [-0.4, -0.2) is 19.3 Å². The molecule has 1 aliphatic carbocycles. The highest BCUT2D eigenvalue weighted by atomic mass is 32.2. The highest BCUT2D eigenvalue weighted by molar-refractivity contribution is 8.00. The van der Waals surface area contributed by atoms with Crippen molar-refractivity contribution in [2.45, 2.75) is 35.0 Å². The highest BCUT2D eigenvalue weighted by Gasteiger charge is 2.27. The summed E-state index contributed by atoms with van der Waals surface area (Å²) in [7, 11) is 0. The minimum absolute atomic E-state index is 0.508. The normalized spacial score (nSPS) is 15.1. The molecule has 2 aromatic rings. The predicted molar refractivity (Wildman–Crippen MR) is 67.2 cm³/mol. The molecule has 7 heteroatoms. The van der Waals surface area contributed by atoms with Gasteiger partial charge in [0.1, 0.15) is 22.5 Å². The van der Waals surface area contributed by atoms with Crippen LogP contribution < -0.4 is 5.73 Å². The minimum Gasteiger partial charge on any atom is -0.384 e. The van der Waals surface area contributed by atoms with E-state index < -0.39 is 0 Å². The SMILES string of the molecule is Cc1nsc(Sc2cc(N)nc(C3CC3)n2)n1. The quantitative estimate of drug-likeness (QED) is 0.858. The van der Waals surface area contributed by atoms with Crippen LogP contribution in [0.3, 0.4) is 0 Å². The van der Waals surface area contributed by atoms with Gasteiger partial charge in [-0.1, -0.05) is 0 Å². The molecule has 0 aliphatic heterocycles. The zero-order chi connectivity index (χ0) is 11.8. The van der Waals surface area contributed by atoms with Gasteiger partial charge in [0.25, 0.3) is 0 Å². The summed E-state index contributed by atoms with van der Waals surface area (Å²) in [6, 6.07) is 1.78. The number of hydrogen-bond acceptors (Lipinski definition) is 7. The average molecular weight is 265 g/mol. The van der Waals surface area contributed by atoms with Crippen molar-refractivity contribution in [3.05, 3.63) is 17.7 Å². The van der Waals surface area contributed by atoms with Crippen LogP contribution >= 0.6 is 23.3 Å². The lowest BCUT2D eigenvalue weighted by Gasteiger charge is -2.02. The summed E-state index contributed by atoms with van der Waals surface area (Å²) in [4.78, 5) is 13.1. The van der Waals surface area contributed by atoms with Crippen molar-refractivity contribution in [3.63, 3.8) is 0 Å². The van der Waals surface area contributed by atoms with E-state index >= 15 is 0 Å². The van der Waals surface area contributed by atoms with Crippen molar-refractivity contribution in [1.29, 1.82) is 0 Å². The molecular weight excluding hydrogens is 254 g/mol. The van der Waals surface area contributed by atoms with E-state index in [1.807, 2.05) is 6.92 Å². The topological polar surface area (TPSA) is 77.6 Å². The zero-order valence-corrected chi connectivity index (χ0v) is 10.9. The summed E-state index contributed by atoms with van der Waals surface area (Å²) in [5.74, 6) is 2.70. The Morgan fingerprint density at radius 1 is 1.35 bits per heavy atom. The lowest BCUT2D eigenvalue weighted by Crippen LogP contribution is -1.99. The van der Waals surface area contributed by atoms with Gasteiger partial charge in [-0.25, -0.2) is 15.0 Å². The number of aryl methyl sites for hydroxylation is 1. The molecule has 17 heavy (non-hydrogen) atoms. The second-order valence-corrected chi connectivity index (χ2v) is 5.99. The third-order valence-corrected chi connectivity index (χ3v) is 4.14. The van der Waals surface area contributed by atoms with Crippen LogP contribution in [-0.2, 0) is 0 Å². The molecule has 0 amide bonds. The van der Waals surface area contributed by atoms with Crippen LogP contribution in [0.25, 0.3) is 0 Å². The first-order valence-corrected chi connectivity index (χ1v) is 6.92. The highest BCUT2D eigenvalue weighted by Crippen LogP contribution is 2.39. The van der Waals surface area contributed by atoms with Gasteiger partial charge in [-0.3, -0.25) is 0 Å². The van der Waals surface area contributed by atoms with Gasteiger partial charge in [-0.2, -0.15) is 4.37 Å². The van der Waals surface area contributed by atoms with Gasteiger partial charge in [0.2, 0.25) is 0 Å². The number of anilines is 1. The van der Waals surface area contributed by atoms with Gasteiger partial charge in [0.15, 0.2) is 4.34 Å². The van der Waals surface area contributed by atoms with Crippen molar-refractivity contribution in [2.75, 3.05) is 5.73 Å². The fourth-order valence-corrected chi connectivity index (χ4v) is 3.06. The van der Waals surface area contributed by atoms with E-state index in [9.17, 15) is 0 Å². The lowest BCUT2D eigenvalue weighted by atomic mass is 10.4. The zero-order valence-electron chi connectivity index (χ0n) is 9.25. The van der Waals surface area contributed by atoms with Gasteiger partial charge < -0.3 is 5.73 Å². The summed E-state index contributed by atoms with van der Waals surface area (Å²) in [6.07, 6.45) is 2.34. The number of rotatable bonds is 3. The van der Waals surface area contributed by atoms with Gasteiger partial charge in [-0.05, 0) is 43.1 Å². The molecule has 0 aromatic carbocycles. The van der Waals surface area contributed by atoms with Gasteiger partial charge >= 0.3 is 0 Å². The molecule has 2 heterocycles. The Kier molecular flexibility index (Phi) is 2.71. The third kappa shape index (κ3) is 2.55. The monoisotopic (exact) mass is 265 g/mol. The molecule has 0 bridgehead atoms. The number of hydrogen-bond donors (Lipinski definition) is 1. The van der Waals surface area contributed by atoms with Gasteiger partial charge in [0.05, 0.1) is 0 Å². The van der Waals surface area contributed by atoms with E-state index in [4.69, 9.17) is 5.73 Å². The minimum atomic E-state index is 0.508. The van der Waals surface area contributed by atoms with Crippen LogP contribution in [0.5, 0.6) is 0 Å². The molecule has 0 spiro atoms. The molecule has 1 saturated carbocycles. The van der Waals surface area contributed by atoms with E-state index in [0.29, 0.717) is 11.7 Å². The molecule has 1 fully saturated rings. The Morgan fingerprint density at radius 2 is 2.18 bits per heavy atom. The maximum Gasteiger partial charge on any atom is 0.176 e. The van der Waals surface area contributed by atoms with E-state index in [1.165, 1.54) is 36.1 Å². The second kappa shape index (κ2) is 4.23. The molecule has 2 N–H and O–H groups in total. The van der Waals surface area contributed by atoms with Crippen LogP contribution in [0.15, 0.2) is 15.4 Å². The van der Waals surface area contributed by atoms with E-state index in [1.54, 1.807) is 6.07 Å². The molecule has 0 unspecified atom stereocenters. The Labute approximate surface area is 107 Å². The first kappa shape index (κ1) is 10.9. The average Bonchev–Trinajstić information content (AvgIpc) is 3.03. The van der Waals surface area contributed by atoms with Crippen LogP contribution in [0, 0.1) is 6.92 Å².